The molecule has 0 atom stereocenters. The topological polar surface area (TPSA) is 51.5 Å². The van der Waals surface area contributed by atoms with Crippen LogP contribution in [0.5, 0.6) is 0 Å². The highest BCUT2D eigenvalue weighted by molar-refractivity contribution is 6.35. The zero-order chi connectivity index (χ0) is 16.9. The van der Waals surface area contributed by atoms with Crippen molar-refractivity contribution in [1.82, 2.24) is 5.32 Å². The summed E-state index contributed by atoms with van der Waals surface area (Å²) >= 11 is 6.12. The second-order valence-electron chi connectivity index (χ2n) is 6.41. The van der Waals surface area contributed by atoms with Gasteiger partial charge in [0.15, 0.2) is 11.3 Å². The van der Waals surface area contributed by atoms with Gasteiger partial charge in [0.05, 0.1) is 11.1 Å². The van der Waals surface area contributed by atoms with Crippen LogP contribution in [0.2, 0.25) is 5.02 Å². The summed E-state index contributed by atoms with van der Waals surface area (Å²) in [6.07, 6.45) is 7.44. The lowest BCUT2D eigenvalue weighted by Gasteiger charge is -2.21. The molecule has 5 heteroatoms. The van der Waals surface area contributed by atoms with E-state index in [9.17, 15) is 4.79 Å². The van der Waals surface area contributed by atoms with Gasteiger partial charge in [-0.15, -0.1) is 0 Å². The summed E-state index contributed by atoms with van der Waals surface area (Å²) in [5.74, 6) is 0.142. The third kappa shape index (κ3) is 3.93. The molecule has 1 aliphatic rings. The van der Waals surface area contributed by atoms with E-state index in [1.807, 2.05) is 19.1 Å². The Labute approximate surface area is 147 Å². The summed E-state index contributed by atoms with van der Waals surface area (Å²) in [7, 11) is 0. The van der Waals surface area contributed by atoms with E-state index in [1.54, 1.807) is 6.07 Å². The van der Waals surface area contributed by atoms with Crippen molar-refractivity contribution in [3.05, 3.63) is 34.5 Å². The zero-order valence-electron chi connectivity index (χ0n) is 14.1. The number of furan rings is 1. The number of amides is 1. The molecule has 24 heavy (non-hydrogen) atoms. The highest BCUT2D eigenvalue weighted by Crippen LogP contribution is 2.30. The minimum atomic E-state index is -0.197. The molecule has 4 nitrogen and oxygen atoms in total. The van der Waals surface area contributed by atoms with Crippen LogP contribution in [0.25, 0.3) is 11.0 Å². The van der Waals surface area contributed by atoms with Gasteiger partial charge in [0, 0.05) is 24.1 Å². The lowest BCUT2D eigenvalue weighted by Crippen LogP contribution is -2.26. The molecule has 1 saturated carbocycles. The van der Waals surface area contributed by atoms with E-state index in [1.165, 1.54) is 32.1 Å². The minimum Gasteiger partial charge on any atom is -0.449 e. The average molecular weight is 350 g/mol. The number of hydrogen-bond acceptors (Lipinski definition) is 3. The van der Waals surface area contributed by atoms with Crippen LogP contribution in [-0.2, 0) is 4.74 Å². The van der Waals surface area contributed by atoms with Crippen molar-refractivity contribution in [2.75, 3.05) is 13.2 Å². The van der Waals surface area contributed by atoms with E-state index in [0.717, 1.165) is 17.4 Å². The largest absolute Gasteiger partial charge is 0.449 e. The fraction of sp³-hybridized carbons (Fsp3) is 0.526. The quantitative estimate of drug-likeness (QED) is 0.757. The number of rotatable bonds is 6. The fourth-order valence-electron chi connectivity index (χ4n) is 3.26. The Morgan fingerprint density at radius 2 is 2.12 bits per heavy atom. The van der Waals surface area contributed by atoms with Crippen LogP contribution in [0.4, 0.5) is 0 Å². The van der Waals surface area contributed by atoms with Gasteiger partial charge in [-0.05, 0) is 32.3 Å². The molecule has 0 bridgehead atoms. The first-order valence-electron chi connectivity index (χ1n) is 8.74. The predicted molar refractivity (Wildman–Crippen MR) is 95.7 cm³/mol. The molecule has 0 saturated heterocycles. The summed E-state index contributed by atoms with van der Waals surface area (Å²) in [6, 6.07) is 5.53. The number of benzene rings is 1. The van der Waals surface area contributed by atoms with Crippen molar-refractivity contribution in [1.29, 1.82) is 0 Å². The number of ether oxygens (including phenoxy) is 1. The highest BCUT2D eigenvalue weighted by atomic mass is 35.5. The number of aryl methyl sites for hydroxylation is 1. The van der Waals surface area contributed by atoms with Crippen molar-refractivity contribution in [3.8, 4) is 0 Å². The lowest BCUT2D eigenvalue weighted by molar-refractivity contribution is 0.0273. The first-order valence-corrected chi connectivity index (χ1v) is 9.12. The molecule has 0 radical (unpaired) electrons. The number of hydrogen-bond donors (Lipinski definition) is 1. The molecule has 1 aromatic carbocycles. The zero-order valence-corrected chi connectivity index (χ0v) is 14.8. The SMILES string of the molecule is Cc1c(C(=O)NCCCOC2CCCCC2)oc2c(Cl)cccc12. The first-order chi connectivity index (χ1) is 11.7. The predicted octanol–water partition coefficient (Wildman–Crippen LogP) is 4.86. The summed E-state index contributed by atoms with van der Waals surface area (Å²) in [5, 5.41) is 4.31. The van der Waals surface area contributed by atoms with E-state index in [0.29, 0.717) is 35.6 Å². The summed E-state index contributed by atoms with van der Waals surface area (Å²) in [5.41, 5.74) is 1.39. The Morgan fingerprint density at radius 1 is 1.33 bits per heavy atom. The second kappa shape index (κ2) is 8.04. The van der Waals surface area contributed by atoms with E-state index >= 15 is 0 Å². The molecule has 130 valence electrons. The van der Waals surface area contributed by atoms with Crippen LogP contribution in [0.3, 0.4) is 0 Å². The molecule has 1 N–H and O–H groups in total. The smallest absolute Gasteiger partial charge is 0.287 e. The van der Waals surface area contributed by atoms with Gasteiger partial charge in [-0.1, -0.05) is 43.0 Å². The van der Waals surface area contributed by atoms with Crippen LogP contribution in [0.1, 0.15) is 54.6 Å². The molecule has 0 spiro atoms. The van der Waals surface area contributed by atoms with E-state index in [-0.39, 0.29) is 5.91 Å². The molecule has 2 aromatic rings. The highest BCUT2D eigenvalue weighted by Gasteiger charge is 2.18. The van der Waals surface area contributed by atoms with Crippen molar-refractivity contribution in [2.24, 2.45) is 0 Å². The Balaban J connectivity index is 1.48. The third-order valence-corrected chi connectivity index (χ3v) is 4.93. The Hall–Kier alpha value is -1.52. The summed E-state index contributed by atoms with van der Waals surface area (Å²) < 4.78 is 11.5. The lowest BCUT2D eigenvalue weighted by atomic mass is 9.98. The summed E-state index contributed by atoms with van der Waals surface area (Å²) in [4.78, 5) is 12.3. The second-order valence-corrected chi connectivity index (χ2v) is 6.82. The normalized spacial score (nSPS) is 15.8. The molecule has 1 fully saturated rings. The Kier molecular flexibility index (Phi) is 5.80. The maximum absolute atomic E-state index is 12.3. The molecule has 1 aliphatic carbocycles. The van der Waals surface area contributed by atoms with Gasteiger partial charge in [0.2, 0.25) is 0 Å². The van der Waals surface area contributed by atoms with E-state index < -0.39 is 0 Å². The minimum absolute atomic E-state index is 0.197. The molecular formula is C19H24ClNO3. The third-order valence-electron chi connectivity index (χ3n) is 4.63. The van der Waals surface area contributed by atoms with Gasteiger partial charge in [-0.3, -0.25) is 4.79 Å². The number of para-hydroxylation sites is 1. The van der Waals surface area contributed by atoms with Gasteiger partial charge >= 0.3 is 0 Å². The van der Waals surface area contributed by atoms with Gasteiger partial charge in [-0.25, -0.2) is 0 Å². The van der Waals surface area contributed by atoms with E-state index in [4.69, 9.17) is 20.8 Å². The molecule has 1 aromatic heterocycles. The molecule has 1 amide bonds. The van der Waals surface area contributed by atoms with Gasteiger partial charge < -0.3 is 14.5 Å². The van der Waals surface area contributed by atoms with Crippen molar-refractivity contribution >= 4 is 28.5 Å². The number of halogens is 1. The van der Waals surface area contributed by atoms with Gasteiger partial charge in [-0.2, -0.15) is 0 Å². The van der Waals surface area contributed by atoms with Crippen molar-refractivity contribution in [2.45, 2.75) is 51.6 Å². The van der Waals surface area contributed by atoms with Crippen molar-refractivity contribution < 1.29 is 13.9 Å². The Bertz CT molecular complexity index is 704. The number of nitrogens with one attached hydrogen (secondary N) is 1. The average Bonchev–Trinajstić information content (AvgIpc) is 2.94. The van der Waals surface area contributed by atoms with Crippen LogP contribution >= 0.6 is 11.6 Å². The molecule has 0 aliphatic heterocycles. The van der Waals surface area contributed by atoms with Crippen LogP contribution in [0, 0.1) is 6.92 Å². The number of fused-ring (bicyclic) bond motifs is 1. The van der Waals surface area contributed by atoms with Gasteiger partial charge in [0.1, 0.15) is 0 Å². The van der Waals surface area contributed by atoms with Crippen LogP contribution < -0.4 is 5.32 Å². The molecule has 1 heterocycles. The number of carbonyl (C=O) groups is 1. The van der Waals surface area contributed by atoms with E-state index in [2.05, 4.69) is 5.32 Å². The molecule has 0 unspecified atom stereocenters. The number of carbonyl (C=O) groups excluding carboxylic acids is 1. The summed E-state index contributed by atoms with van der Waals surface area (Å²) in [6.45, 7) is 3.15. The maximum atomic E-state index is 12.3. The van der Waals surface area contributed by atoms with Gasteiger partial charge in [0.25, 0.3) is 5.91 Å². The van der Waals surface area contributed by atoms with Crippen LogP contribution in [-0.4, -0.2) is 25.2 Å². The molecular weight excluding hydrogens is 326 g/mol. The van der Waals surface area contributed by atoms with Crippen molar-refractivity contribution in [3.63, 3.8) is 0 Å². The fourth-order valence-corrected chi connectivity index (χ4v) is 3.47. The first kappa shape index (κ1) is 17.3. The Morgan fingerprint density at radius 3 is 2.88 bits per heavy atom. The maximum Gasteiger partial charge on any atom is 0.287 e. The van der Waals surface area contributed by atoms with Crippen LogP contribution in [0.15, 0.2) is 22.6 Å². The monoisotopic (exact) mass is 349 g/mol. The standard InChI is InChI=1S/C19H24ClNO3/c1-13-15-9-5-10-16(20)18(15)24-17(13)19(22)21-11-6-12-23-14-7-3-2-4-8-14/h5,9-10,14H,2-4,6-8,11-12H2,1H3,(H,21,22). The molecule has 3 rings (SSSR count).